The Morgan fingerprint density at radius 3 is 1.39 bits per heavy atom. The molecule has 0 aliphatic heterocycles. The fraction of sp³-hybridized carbons (Fsp3) is 0. The van der Waals surface area contributed by atoms with Crippen molar-refractivity contribution >= 4 is 60.5 Å². The third-order valence-electron chi connectivity index (χ3n) is 12.7. The second-order valence-electron chi connectivity index (χ2n) is 16.5. The van der Waals surface area contributed by atoms with Gasteiger partial charge in [-0.25, -0.2) is 0 Å². The summed E-state index contributed by atoms with van der Waals surface area (Å²) in [5, 5.41) is 7.28. The van der Waals surface area contributed by atoms with Crippen LogP contribution in [0, 0.1) is 0 Å². The van der Waals surface area contributed by atoms with Crippen LogP contribution in [0.4, 0.5) is 17.1 Å². The van der Waals surface area contributed by atoms with Crippen LogP contribution in [-0.4, -0.2) is 0 Å². The number of benzene rings is 11. The van der Waals surface area contributed by atoms with E-state index in [0.717, 1.165) is 61.3 Å². The monoisotopic (exact) mass is 815 g/mol. The highest BCUT2D eigenvalue weighted by atomic mass is 16.3. The van der Waals surface area contributed by atoms with E-state index in [9.17, 15) is 0 Å². The van der Waals surface area contributed by atoms with Crippen LogP contribution < -0.4 is 4.90 Å². The van der Waals surface area contributed by atoms with Crippen molar-refractivity contribution in [1.82, 2.24) is 0 Å². The van der Waals surface area contributed by atoms with Crippen molar-refractivity contribution in [2.75, 3.05) is 4.90 Å². The molecule has 0 saturated heterocycles. The normalized spacial score (nSPS) is 11.4. The van der Waals surface area contributed by atoms with Crippen molar-refractivity contribution in [2.45, 2.75) is 0 Å². The first-order chi connectivity index (χ1) is 31.7. The van der Waals surface area contributed by atoms with Gasteiger partial charge in [-0.15, -0.1) is 0 Å². The Bertz CT molecular complexity index is 3630. The Kier molecular flexibility index (Phi) is 9.20. The minimum absolute atomic E-state index is 0.888. The fourth-order valence-electron chi connectivity index (χ4n) is 9.46. The van der Waals surface area contributed by atoms with Crippen LogP contribution in [0.1, 0.15) is 0 Å². The third kappa shape index (κ3) is 6.70. The van der Waals surface area contributed by atoms with Crippen LogP contribution in [0.5, 0.6) is 0 Å². The van der Waals surface area contributed by atoms with Crippen LogP contribution >= 0.6 is 0 Å². The molecule has 0 bridgehead atoms. The van der Waals surface area contributed by atoms with Gasteiger partial charge in [-0.05, 0) is 126 Å². The lowest BCUT2D eigenvalue weighted by Gasteiger charge is -2.27. The van der Waals surface area contributed by atoms with Gasteiger partial charge < -0.3 is 9.32 Å². The molecule has 0 unspecified atom stereocenters. The quantitative estimate of drug-likeness (QED) is 0.142. The number of furan rings is 1. The maximum atomic E-state index is 6.52. The third-order valence-corrected chi connectivity index (χ3v) is 12.7. The second kappa shape index (κ2) is 15.8. The largest absolute Gasteiger partial charge is 0.455 e. The highest BCUT2D eigenvalue weighted by molar-refractivity contribution is 6.11. The van der Waals surface area contributed by atoms with Crippen molar-refractivity contribution in [2.24, 2.45) is 0 Å². The van der Waals surface area contributed by atoms with E-state index < -0.39 is 0 Å². The van der Waals surface area contributed by atoms with Crippen molar-refractivity contribution in [3.63, 3.8) is 0 Å². The van der Waals surface area contributed by atoms with Gasteiger partial charge in [0, 0.05) is 33.4 Å². The van der Waals surface area contributed by atoms with Gasteiger partial charge >= 0.3 is 0 Å². The number of rotatable bonds is 8. The molecule has 0 atom stereocenters. The first-order valence-electron chi connectivity index (χ1n) is 21.9. The molecule has 0 radical (unpaired) electrons. The van der Waals surface area contributed by atoms with E-state index in [2.05, 4.69) is 248 Å². The summed E-state index contributed by atoms with van der Waals surface area (Å²) in [6.45, 7) is 0. The SMILES string of the molecule is c1ccc(-c2ccc(N(c3ccc(-c4ccc5ccc6ccccc6c5c4)cc3)c3ccc(-c4ccc5oc6c(-c7ccccc7)cccc6c5c4)cc3)cc2-c2ccccc2)cc1. The molecule has 0 aliphatic carbocycles. The molecule has 1 heterocycles. The predicted octanol–water partition coefficient (Wildman–Crippen LogP) is 17.7. The standard InChI is InChI=1S/C62H41NO/c1-4-13-44(14-5-1)55-37-36-53(41-59(55)46-17-8-3-9-18-46)63(51-32-27-42(28-33-51)49-26-25-48-24-23-47-19-10-11-20-54(47)58(48)39-49)52-34-29-43(30-35-52)50-31-38-61-60(40-50)57-22-12-21-56(62(57)64-61)45-15-6-2-7-16-45/h1-41H. The van der Waals surface area contributed by atoms with Crippen LogP contribution in [-0.2, 0) is 0 Å². The Balaban J connectivity index is 0.958. The molecule has 12 aromatic rings. The number of hydrogen-bond donors (Lipinski definition) is 0. The average molecular weight is 816 g/mol. The van der Waals surface area contributed by atoms with Gasteiger partial charge in [-0.1, -0.05) is 194 Å². The molecule has 0 amide bonds. The van der Waals surface area contributed by atoms with Crippen LogP contribution in [0.25, 0.3) is 99.1 Å². The zero-order valence-corrected chi connectivity index (χ0v) is 35.0. The van der Waals surface area contributed by atoms with E-state index >= 15 is 0 Å². The molecule has 0 N–H and O–H groups in total. The van der Waals surface area contributed by atoms with E-state index in [1.165, 1.54) is 54.9 Å². The van der Waals surface area contributed by atoms with Gasteiger partial charge in [-0.2, -0.15) is 0 Å². The molecule has 64 heavy (non-hydrogen) atoms. The second-order valence-corrected chi connectivity index (χ2v) is 16.5. The molecule has 0 aliphatic rings. The molecule has 11 aromatic carbocycles. The summed E-state index contributed by atoms with van der Waals surface area (Å²) in [7, 11) is 0. The van der Waals surface area contributed by atoms with Crippen molar-refractivity contribution in [1.29, 1.82) is 0 Å². The van der Waals surface area contributed by atoms with Crippen molar-refractivity contribution in [3.8, 4) is 55.6 Å². The van der Waals surface area contributed by atoms with E-state index in [1.54, 1.807) is 0 Å². The predicted molar refractivity (Wildman–Crippen MR) is 271 cm³/mol. The number of nitrogens with zero attached hydrogens (tertiary/aromatic N) is 1. The Morgan fingerprint density at radius 2 is 0.734 bits per heavy atom. The lowest BCUT2D eigenvalue weighted by molar-refractivity contribution is 0.670. The highest BCUT2D eigenvalue weighted by Crippen LogP contribution is 2.43. The number of hydrogen-bond acceptors (Lipinski definition) is 2. The molecule has 12 rings (SSSR count). The Morgan fingerprint density at radius 1 is 0.250 bits per heavy atom. The molecule has 0 fully saturated rings. The number of para-hydroxylation sites is 1. The van der Waals surface area contributed by atoms with Crippen molar-refractivity contribution in [3.05, 3.63) is 249 Å². The van der Waals surface area contributed by atoms with Gasteiger partial charge in [-0.3, -0.25) is 0 Å². The summed E-state index contributed by atoms with van der Waals surface area (Å²) in [5.41, 5.74) is 16.7. The van der Waals surface area contributed by atoms with Gasteiger partial charge in [0.15, 0.2) is 0 Å². The zero-order chi connectivity index (χ0) is 42.4. The van der Waals surface area contributed by atoms with E-state index in [-0.39, 0.29) is 0 Å². The van der Waals surface area contributed by atoms with Gasteiger partial charge in [0.25, 0.3) is 0 Å². The molecule has 300 valence electrons. The van der Waals surface area contributed by atoms with E-state index in [1.807, 2.05) is 6.07 Å². The van der Waals surface area contributed by atoms with Crippen LogP contribution in [0.15, 0.2) is 253 Å². The zero-order valence-electron chi connectivity index (χ0n) is 35.0. The fourth-order valence-corrected chi connectivity index (χ4v) is 9.46. The van der Waals surface area contributed by atoms with Gasteiger partial charge in [0.1, 0.15) is 11.2 Å². The topological polar surface area (TPSA) is 16.4 Å². The lowest BCUT2D eigenvalue weighted by Crippen LogP contribution is -2.10. The minimum Gasteiger partial charge on any atom is -0.455 e. The molecule has 2 nitrogen and oxygen atoms in total. The Labute approximate surface area is 372 Å². The summed E-state index contributed by atoms with van der Waals surface area (Å²) < 4.78 is 6.52. The summed E-state index contributed by atoms with van der Waals surface area (Å²) in [4.78, 5) is 2.38. The molecule has 0 saturated carbocycles. The van der Waals surface area contributed by atoms with E-state index in [4.69, 9.17) is 4.42 Å². The molecule has 2 heteroatoms. The first-order valence-corrected chi connectivity index (χ1v) is 21.9. The van der Waals surface area contributed by atoms with Gasteiger partial charge in [0.2, 0.25) is 0 Å². The smallest absolute Gasteiger partial charge is 0.143 e. The maximum absolute atomic E-state index is 6.52. The van der Waals surface area contributed by atoms with Crippen LogP contribution in [0.2, 0.25) is 0 Å². The molecular weight excluding hydrogens is 775 g/mol. The minimum atomic E-state index is 0.888. The molecular formula is C62H41NO. The summed E-state index contributed by atoms with van der Waals surface area (Å²) in [5.74, 6) is 0. The lowest BCUT2D eigenvalue weighted by atomic mass is 9.93. The summed E-state index contributed by atoms with van der Waals surface area (Å²) >= 11 is 0. The number of fused-ring (bicyclic) bond motifs is 6. The highest BCUT2D eigenvalue weighted by Gasteiger charge is 2.18. The Hall–Kier alpha value is -8.46. The van der Waals surface area contributed by atoms with Crippen LogP contribution in [0.3, 0.4) is 0 Å². The number of anilines is 3. The first kappa shape index (κ1) is 37.3. The summed E-state index contributed by atoms with van der Waals surface area (Å²) in [6.07, 6.45) is 0. The summed E-state index contributed by atoms with van der Waals surface area (Å²) in [6, 6.07) is 89.6. The molecule has 0 spiro atoms. The maximum Gasteiger partial charge on any atom is 0.143 e. The van der Waals surface area contributed by atoms with E-state index in [0.29, 0.717) is 0 Å². The van der Waals surface area contributed by atoms with Gasteiger partial charge in [0.05, 0.1) is 0 Å². The van der Waals surface area contributed by atoms with Crippen molar-refractivity contribution < 1.29 is 4.42 Å². The molecule has 1 aromatic heterocycles. The average Bonchev–Trinajstić information content (AvgIpc) is 3.76.